The first kappa shape index (κ1) is 20.7. The summed E-state index contributed by atoms with van der Waals surface area (Å²) in [6, 6.07) is 6.00. The Bertz CT molecular complexity index is 793. The summed E-state index contributed by atoms with van der Waals surface area (Å²) in [6.45, 7) is 1.48. The smallest absolute Gasteiger partial charge is 0.218 e. The number of rotatable bonds is 3. The van der Waals surface area contributed by atoms with Gasteiger partial charge in [-0.05, 0) is 24.1 Å². The van der Waals surface area contributed by atoms with Crippen molar-refractivity contribution in [1.82, 2.24) is 0 Å². The van der Waals surface area contributed by atoms with E-state index in [2.05, 4.69) is 15.9 Å². The maximum Gasteiger partial charge on any atom is 0.435 e. The van der Waals surface area contributed by atoms with Crippen LogP contribution < -0.4 is 0 Å². The fourth-order valence-corrected chi connectivity index (χ4v) is 3.26. The first-order valence-electron chi connectivity index (χ1n) is 7.24. The van der Waals surface area contributed by atoms with Crippen LogP contribution >= 0.6 is 15.9 Å². The maximum atomic E-state index is 14.7. The topological polar surface area (TPSA) is 0 Å². The Morgan fingerprint density at radius 1 is 0.885 bits per heavy atom. The largest absolute Gasteiger partial charge is 0.435 e. The van der Waals surface area contributed by atoms with Gasteiger partial charge in [0.2, 0.25) is 0 Å². The molecule has 0 saturated carbocycles. The van der Waals surface area contributed by atoms with Crippen LogP contribution in [0.1, 0.15) is 18.1 Å². The lowest BCUT2D eigenvalue weighted by molar-refractivity contribution is -0.348. The summed E-state index contributed by atoms with van der Waals surface area (Å²) >= 11 is 2.87. The van der Waals surface area contributed by atoms with E-state index in [1.165, 1.54) is 25.1 Å². The summed E-state index contributed by atoms with van der Waals surface area (Å²) in [6.07, 6.45) is -12.5. The Morgan fingerprint density at radius 2 is 1.42 bits per heavy atom. The average Bonchev–Trinajstić information content (AvgIpc) is 2.52. The molecule has 0 fully saturated rings. The monoisotopic (exact) mass is 446 g/mol. The molecule has 0 aromatic heterocycles. The Morgan fingerprint density at radius 3 is 1.88 bits per heavy atom. The second-order valence-corrected chi connectivity index (χ2v) is 6.34. The quantitative estimate of drug-likeness (QED) is 0.440. The van der Waals surface area contributed by atoms with Gasteiger partial charge in [-0.2, -0.15) is 26.3 Å². The standard InChI is InChI=1S/C17H11BrF8/c1-2-9-7-11(15(20,16(21,22)23)17(24,25)26)14(12(18)8-9)10-5-3-4-6-13(10)19/h3-8H,2H2,1H3. The molecule has 0 atom stereocenters. The van der Waals surface area contributed by atoms with Crippen LogP contribution in [0.25, 0.3) is 11.1 Å². The Balaban J connectivity index is 2.99. The number of hydrogen-bond acceptors (Lipinski definition) is 0. The molecule has 0 aliphatic heterocycles. The van der Waals surface area contributed by atoms with Crippen molar-refractivity contribution in [2.75, 3.05) is 0 Å². The van der Waals surface area contributed by atoms with Crippen molar-refractivity contribution >= 4 is 15.9 Å². The van der Waals surface area contributed by atoms with Gasteiger partial charge in [-0.15, -0.1) is 0 Å². The molecular formula is C17H11BrF8. The molecule has 0 aliphatic rings. The fourth-order valence-electron chi connectivity index (χ4n) is 2.54. The molecule has 9 heteroatoms. The van der Waals surface area contributed by atoms with Gasteiger partial charge in [0.1, 0.15) is 5.82 Å². The molecule has 0 saturated heterocycles. The lowest BCUT2D eigenvalue weighted by Crippen LogP contribution is -2.50. The zero-order valence-electron chi connectivity index (χ0n) is 13.1. The molecule has 0 N–H and O–H groups in total. The van der Waals surface area contributed by atoms with Crippen LogP contribution in [-0.2, 0) is 12.1 Å². The van der Waals surface area contributed by atoms with Crippen molar-refractivity contribution < 1.29 is 35.1 Å². The molecule has 2 aromatic carbocycles. The zero-order valence-corrected chi connectivity index (χ0v) is 14.7. The first-order chi connectivity index (χ1) is 11.8. The minimum absolute atomic E-state index is 0.0301. The van der Waals surface area contributed by atoms with Gasteiger partial charge >= 0.3 is 18.0 Å². The van der Waals surface area contributed by atoms with Crippen LogP contribution in [0, 0.1) is 5.82 Å². The van der Waals surface area contributed by atoms with E-state index in [-0.39, 0.29) is 16.5 Å². The van der Waals surface area contributed by atoms with Gasteiger partial charge in [-0.3, -0.25) is 0 Å². The molecule has 2 aromatic rings. The van der Waals surface area contributed by atoms with Gasteiger partial charge < -0.3 is 0 Å². The third-order valence-corrected chi connectivity index (χ3v) is 4.48. The molecule has 0 spiro atoms. The first-order valence-corrected chi connectivity index (χ1v) is 8.04. The third-order valence-electron chi connectivity index (χ3n) is 3.85. The Hall–Kier alpha value is -1.64. The van der Waals surface area contributed by atoms with Crippen LogP contribution in [-0.4, -0.2) is 12.4 Å². The normalized spacial score (nSPS) is 13.2. The van der Waals surface area contributed by atoms with Crippen LogP contribution in [0.5, 0.6) is 0 Å². The van der Waals surface area contributed by atoms with Crippen molar-refractivity contribution in [2.24, 2.45) is 0 Å². The van der Waals surface area contributed by atoms with Gasteiger partial charge in [0.25, 0.3) is 0 Å². The minimum Gasteiger partial charge on any atom is -0.218 e. The van der Waals surface area contributed by atoms with Gasteiger partial charge in [0.05, 0.1) is 0 Å². The van der Waals surface area contributed by atoms with E-state index in [4.69, 9.17) is 0 Å². The zero-order chi connectivity index (χ0) is 19.9. The SMILES string of the molecule is CCc1cc(Br)c(-c2ccccc2F)c(C(F)(C(F)(F)F)C(F)(F)F)c1. The van der Waals surface area contributed by atoms with Crippen LogP contribution in [0.3, 0.4) is 0 Å². The average molecular weight is 447 g/mol. The summed E-state index contributed by atoms with van der Waals surface area (Å²) < 4.78 is 108. The summed E-state index contributed by atoms with van der Waals surface area (Å²) in [5, 5.41) is 0. The van der Waals surface area contributed by atoms with Gasteiger partial charge in [0, 0.05) is 21.2 Å². The summed E-state index contributed by atoms with van der Waals surface area (Å²) in [5.41, 5.74) is -8.74. The minimum atomic E-state index is -6.29. The van der Waals surface area contributed by atoms with E-state index >= 15 is 0 Å². The maximum absolute atomic E-state index is 14.7. The molecule has 0 unspecified atom stereocenters. The van der Waals surface area contributed by atoms with E-state index < -0.39 is 40.5 Å². The Labute approximate surface area is 152 Å². The second-order valence-electron chi connectivity index (χ2n) is 5.49. The van der Waals surface area contributed by atoms with Crippen LogP contribution in [0.4, 0.5) is 35.1 Å². The molecule has 0 amide bonds. The van der Waals surface area contributed by atoms with E-state index in [0.717, 1.165) is 12.1 Å². The predicted molar refractivity (Wildman–Crippen MR) is 83.8 cm³/mol. The fraction of sp³-hybridized carbons (Fsp3) is 0.294. The summed E-state index contributed by atoms with van der Waals surface area (Å²) in [5.74, 6) is -1.08. The number of alkyl halides is 7. The lowest BCUT2D eigenvalue weighted by Gasteiger charge is -2.32. The molecule has 2 rings (SSSR count). The Kier molecular flexibility index (Phi) is 5.43. The second kappa shape index (κ2) is 6.83. The van der Waals surface area contributed by atoms with E-state index in [0.29, 0.717) is 6.07 Å². The van der Waals surface area contributed by atoms with Gasteiger partial charge in [-0.25, -0.2) is 8.78 Å². The lowest BCUT2D eigenvalue weighted by atomic mass is 9.85. The van der Waals surface area contributed by atoms with Gasteiger partial charge in [-0.1, -0.05) is 47.1 Å². The van der Waals surface area contributed by atoms with Crippen molar-refractivity contribution in [3.05, 3.63) is 57.8 Å². The molecule has 0 radical (unpaired) electrons. The molecule has 142 valence electrons. The summed E-state index contributed by atoms with van der Waals surface area (Å²) in [4.78, 5) is 0. The van der Waals surface area contributed by atoms with Gasteiger partial charge in [0.15, 0.2) is 0 Å². The molecule has 0 aliphatic carbocycles. The summed E-state index contributed by atoms with van der Waals surface area (Å²) in [7, 11) is 0. The van der Waals surface area contributed by atoms with Crippen molar-refractivity contribution in [3.8, 4) is 11.1 Å². The molecular weight excluding hydrogens is 436 g/mol. The number of aryl methyl sites for hydroxylation is 1. The van der Waals surface area contributed by atoms with Crippen LogP contribution in [0.2, 0.25) is 0 Å². The van der Waals surface area contributed by atoms with E-state index in [9.17, 15) is 35.1 Å². The molecule has 26 heavy (non-hydrogen) atoms. The molecule has 0 nitrogen and oxygen atoms in total. The van der Waals surface area contributed by atoms with Crippen molar-refractivity contribution in [3.63, 3.8) is 0 Å². The van der Waals surface area contributed by atoms with E-state index in [1.807, 2.05) is 0 Å². The predicted octanol–water partition coefficient (Wildman–Crippen LogP) is 7.11. The highest BCUT2D eigenvalue weighted by Crippen LogP contribution is 2.56. The highest BCUT2D eigenvalue weighted by atomic mass is 79.9. The van der Waals surface area contributed by atoms with E-state index in [1.54, 1.807) is 0 Å². The number of benzene rings is 2. The highest BCUT2D eigenvalue weighted by molar-refractivity contribution is 9.10. The number of hydrogen-bond donors (Lipinski definition) is 0. The number of halogens is 9. The van der Waals surface area contributed by atoms with Crippen LogP contribution in [0.15, 0.2) is 40.9 Å². The molecule has 0 heterocycles. The van der Waals surface area contributed by atoms with Crippen molar-refractivity contribution in [2.45, 2.75) is 31.4 Å². The molecule has 0 bridgehead atoms. The third kappa shape index (κ3) is 3.33. The van der Waals surface area contributed by atoms with Crippen molar-refractivity contribution in [1.29, 1.82) is 0 Å². The highest BCUT2D eigenvalue weighted by Gasteiger charge is 2.74.